The summed E-state index contributed by atoms with van der Waals surface area (Å²) in [6.45, 7) is 2.85. The van der Waals surface area contributed by atoms with E-state index in [1.165, 1.54) is 19.4 Å². The second kappa shape index (κ2) is 7.04. The highest BCUT2D eigenvalue weighted by Gasteiger charge is 2.41. The van der Waals surface area contributed by atoms with E-state index < -0.39 is 0 Å². The molecule has 0 amide bonds. The van der Waals surface area contributed by atoms with Gasteiger partial charge in [0.15, 0.2) is 0 Å². The van der Waals surface area contributed by atoms with Gasteiger partial charge in [0, 0.05) is 25.7 Å². The molecular formula is C20H22O4. The van der Waals surface area contributed by atoms with Crippen LogP contribution in [0, 0.1) is 11.8 Å². The average Bonchev–Trinajstić information content (AvgIpc) is 2.86. The van der Waals surface area contributed by atoms with Gasteiger partial charge >= 0.3 is 11.9 Å². The molecule has 3 rings (SSSR count). The first-order valence-corrected chi connectivity index (χ1v) is 8.31. The quantitative estimate of drug-likeness (QED) is 0.630. The lowest BCUT2D eigenvalue weighted by molar-refractivity contribution is -0.146. The number of benzene rings is 1. The van der Waals surface area contributed by atoms with Gasteiger partial charge in [-0.05, 0) is 30.6 Å². The van der Waals surface area contributed by atoms with E-state index in [0.717, 1.165) is 18.4 Å². The zero-order valence-electron chi connectivity index (χ0n) is 14.0. The van der Waals surface area contributed by atoms with Crippen molar-refractivity contribution < 1.29 is 19.1 Å². The number of carbonyl (C=O) groups is 2. The largest absolute Gasteiger partial charge is 0.458 e. The van der Waals surface area contributed by atoms with Crippen molar-refractivity contribution in [3.63, 3.8) is 0 Å². The molecule has 4 atom stereocenters. The lowest BCUT2D eigenvalue weighted by Gasteiger charge is -2.22. The summed E-state index contributed by atoms with van der Waals surface area (Å²) in [6, 6.07) is 10.1. The summed E-state index contributed by atoms with van der Waals surface area (Å²) in [6.07, 6.45) is 7.05. The molecule has 0 heterocycles. The highest BCUT2D eigenvalue weighted by Crippen LogP contribution is 2.44. The Balaban J connectivity index is 1.91. The predicted molar refractivity (Wildman–Crippen MR) is 90.9 cm³/mol. The maximum absolute atomic E-state index is 11.5. The monoisotopic (exact) mass is 326 g/mol. The minimum atomic E-state index is -0.303. The molecule has 0 aliphatic heterocycles. The lowest BCUT2D eigenvalue weighted by Crippen LogP contribution is -2.23. The molecule has 0 unspecified atom stereocenters. The van der Waals surface area contributed by atoms with Crippen LogP contribution in [0.4, 0.5) is 0 Å². The third kappa shape index (κ3) is 3.75. The zero-order chi connectivity index (χ0) is 17.1. The summed E-state index contributed by atoms with van der Waals surface area (Å²) in [4.78, 5) is 22.8. The van der Waals surface area contributed by atoms with Crippen LogP contribution in [0.25, 0.3) is 6.08 Å². The van der Waals surface area contributed by atoms with E-state index in [9.17, 15) is 9.59 Å². The van der Waals surface area contributed by atoms with E-state index in [1.54, 1.807) is 0 Å². The molecule has 126 valence electrons. The molecule has 0 radical (unpaired) electrons. The number of esters is 2. The minimum Gasteiger partial charge on any atom is -0.458 e. The Morgan fingerprint density at radius 3 is 2.29 bits per heavy atom. The van der Waals surface area contributed by atoms with Gasteiger partial charge in [-0.15, -0.1) is 0 Å². The zero-order valence-corrected chi connectivity index (χ0v) is 14.0. The van der Waals surface area contributed by atoms with E-state index in [-0.39, 0.29) is 36.0 Å². The molecule has 1 saturated carbocycles. The fourth-order valence-electron chi connectivity index (χ4n) is 3.69. The molecule has 4 nitrogen and oxygen atoms in total. The Morgan fingerprint density at radius 1 is 1.00 bits per heavy atom. The SMILES string of the molecule is CC(=O)O[C@H]1C=C[C@@H](OC(C)=O)[C@@H]2C[C@H]1C/C2=C\c1ccccc1. The van der Waals surface area contributed by atoms with Gasteiger partial charge in [0.05, 0.1) is 0 Å². The van der Waals surface area contributed by atoms with Crippen LogP contribution in [0.2, 0.25) is 0 Å². The smallest absolute Gasteiger partial charge is 0.303 e. The van der Waals surface area contributed by atoms with E-state index in [4.69, 9.17) is 9.47 Å². The first-order valence-electron chi connectivity index (χ1n) is 8.31. The van der Waals surface area contributed by atoms with Gasteiger partial charge in [0.1, 0.15) is 12.2 Å². The highest BCUT2D eigenvalue weighted by molar-refractivity contribution is 5.67. The van der Waals surface area contributed by atoms with Crippen LogP contribution in [0.15, 0.2) is 48.1 Å². The van der Waals surface area contributed by atoms with Gasteiger partial charge in [-0.25, -0.2) is 0 Å². The molecule has 1 fully saturated rings. The van der Waals surface area contributed by atoms with Gasteiger partial charge in [0.25, 0.3) is 0 Å². The van der Waals surface area contributed by atoms with Gasteiger partial charge in [-0.1, -0.05) is 42.0 Å². The molecule has 1 aromatic carbocycles. The van der Waals surface area contributed by atoms with Crippen molar-refractivity contribution in [2.75, 3.05) is 0 Å². The predicted octanol–water partition coefficient (Wildman–Crippen LogP) is 3.53. The van der Waals surface area contributed by atoms with Crippen molar-refractivity contribution in [1.29, 1.82) is 0 Å². The maximum atomic E-state index is 11.5. The van der Waals surface area contributed by atoms with E-state index in [2.05, 4.69) is 18.2 Å². The molecule has 1 aromatic rings. The standard InChI is InChI=1S/C20H22O4/c1-13(21)23-19-8-9-20(24-14(2)22)18-12-17(19)11-16(18)10-15-6-4-3-5-7-15/h3-10,17-20H,11-12H2,1-2H3/b16-10+/t17-,18-,19+,20-/m1/s1. The Morgan fingerprint density at radius 2 is 1.62 bits per heavy atom. The number of hydrogen-bond donors (Lipinski definition) is 0. The van der Waals surface area contributed by atoms with Crippen molar-refractivity contribution in [1.82, 2.24) is 0 Å². The van der Waals surface area contributed by atoms with Crippen molar-refractivity contribution in [3.8, 4) is 0 Å². The number of hydrogen-bond acceptors (Lipinski definition) is 4. The van der Waals surface area contributed by atoms with Gasteiger partial charge in [-0.2, -0.15) is 0 Å². The summed E-state index contributed by atoms with van der Waals surface area (Å²) < 4.78 is 11.0. The first kappa shape index (κ1) is 16.5. The molecule has 2 aliphatic carbocycles. The fourth-order valence-corrected chi connectivity index (χ4v) is 3.69. The minimum absolute atomic E-state index is 0.135. The summed E-state index contributed by atoms with van der Waals surface area (Å²) in [5, 5.41) is 0. The number of fused-ring (bicyclic) bond motifs is 2. The van der Waals surface area contributed by atoms with Crippen molar-refractivity contribution in [2.45, 2.75) is 38.9 Å². The Bertz CT molecular complexity index is 674. The van der Waals surface area contributed by atoms with Crippen LogP contribution in [0.3, 0.4) is 0 Å². The molecule has 4 heteroatoms. The van der Waals surface area contributed by atoms with E-state index >= 15 is 0 Å². The summed E-state index contributed by atoms with van der Waals surface area (Å²) >= 11 is 0. The number of rotatable bonds is 3. The van der Waals surface area contributed by atoms with Crippen LogP contribution in [-0.2, 0) is 19.1 Å². The van der Waals surface area contributed by atoms with Gasteiger partial charge in [-0.3, -0.25) is 9.59 Å². The summed E-state index contributed by atoms with van der Waals surface area (Å²) in [5.74, 6) is -0.215. The van der Waals surface area contributed by atoms with E-state index in [0.29, 0.717) is 0 Å². The Kier molecular flexibility index (Phi) is 4.84. The highest BCUT2D eigenvalue weighted by atomic mass is 16.5. The Hall–Kier alpha value is -2.36. The summed E-state index contributed by atoms with van der Waals surface area (Å²) in [5.41, 5.74) is 2.38. The third-order valence-electron chi connectivity index (χ3n) is 4.64. The van der Waals surface area contributed by atoms with Crippen LogP contribution < -0.4 is 0 Å². The van der Waals surface area contributed by atoms with Crippen molar-refractivity contribution in [3.05, 3.63) is 53.6 Å². The van der Waals surface area contributed by atoms with Gasteiger partial charge < -0.3 is 9.47 Å². The molecule has 2 bridgehead atoms. The number of carbonyl (C=O) groups excluding carboxylic acids is 2. The van der Waals surface area contributed by atoms with E-state index in [1.807, 2.05) is 30.4 Å². The second-order valence-corrected chi connectivity index (χ2v) is 6.47. The van der Waals surface area contributed by atoms with Crippen LogP contribution in [0.1, 0.15) is 32.3 Å². The molecule has 0 spiro atoms. The number of ether oxygens (including phenoxy) is 2. The van der Waals surface area contributed by atoms with Crippen LogP contribution in [-0.4, -0.2) is 24.1 Å². The Labute approximate surface area is 142 Å². The molecule has 0 aromatic heterocycles. The van der Waals surface area contributed by atoms with Crippen molar-refractivity contribution >= 4 is 18.0 Å². The average molecular weight is 326 g/mol. The lowest BCUT2D eigenvalue weighted by atomic mass is 9.94. The second-order valence-electron chi connectivity index (χ2n) is 6.47. The molecule has 0 saturated heterocycles. The van der Waals surface area contributed by atoms with Gasteiger partial charge in [0.2, 0.25) is 0 Å². The topological polar surface area (TPSA) is 52.6 Å². The van der Waals surface area contributed by atoms with Crippen LogP contribution >= 0.6 is 0 Å². The van der Waals surface area contributed by atoms with Crippen LogP contribution in [0.5, 0.6) is 0 Å². The molecule has 0 N–H and O–H groups in total. The summed E-state index contributed by atoms with van der Waals surface area (Å²) in [7, 11) is 0. The molecule has 2 aliphatic rings. The first-order chi connectivity index (χ1) is 11.5. The molecule has 24 heavy (non-hydrogen) atoms. The third-order valence-corrected chi connectivity index (χ3v) is 4.64. The maximum Gasteiger partial charge on any atom is 0.303 e. The van der Waals surface area contributed by atoms with Crippen molar-refractivity contribution in [2.24, 2.45) is 11.8 Å². The fraction of sp³-hybridized carbons (Fsp3) is 0.400. The molecular weight excluding hydrogens is 304 g/mol. The normalized spacial score (nSPS) is 30.0.